The van der Waals surface area contributed by atoms with Crippen LogP contribution in [-0.2, 0) is 57.6 Å². The van der Waals surface area contributed by atoms with Gasteiger partial charge in [0.1, 0.15) is 18.2 Å². The second-order valence-electron chi connectivity index (χ2n) is 22.2. The molecule has 1 aliphatic heterocycles. The van der Waals surface area contributed by atoms with Crippen molar-refractivity contribution in [2.75, 3.05) is 39.3 Å². The lowest BCUT2D eigenvalue weighted by atomic mass is 9.91. The van der Waals surface area contributed by atoms with Crippen molar-refractivity contribution >= 4 is 35.6 Å². The van der Waals surface area contributed by atoms with Crippen molar-refractivity contribution in [3.63, 3.8) is 0 Å². The highest BCUT2D eigenvalue weighted by atomic mass is 16.5. The van der Waals surface area contributed by atoms with Crippen LogP contribution in [0.25, 0.3) is 0 Å². The molecule has 2 heterocycles. The Labute approximate surface area is 445 Å². The molecular weight excluding hydrogens is 951 g/mol. The first kappa shape index (κ1) is 60.1. The second-order valence-corrected chi connectivity index (χ2v) is 22.2. The van der Waals surface area contributed by atoms with E-state index in [1.807, 2.05) is 121 Å². The van der Waals surface area contributed by atoms with Gasteiger partial charge in [0.15, 0.2) is 0 Å². The van der Waals surface area contributed by atoms with Gasteiger partial charge in [-0.25, -0.2) is 0 Å². The molecule has 0 bridgehead atoms. The van der Waals surface area contributed by atoms with E-state index in [0.717, 1.165) is 22.3 Å². The summed E-state index contributed by atoms with van der Waals surface area (Å²) < 4.78 is 12.6. The number of piperazine rings is 1. The Balaban J connectivity index is 1.34. The normalized spacial score (nSPS) is 18.6. The van der Waals surface area contributed by atoms with Gasteiger partial charge in [-0.3, -0.25) is 43.6 Å². The van der Waals surface area contributed by atoms with Crippen LogP contribution in [0.15, 0.2) is 79.1 Å². The largest absolute Gasteiger partial charge is 0.461 e. The number of hydrogen-bond acceptors (Lipinski definition) is 13. The monoisotopic (exact) mass is 1040 g/mol. The number of carbonyl (C=O) groups excluding carboxylic acids is 6. The molecule has 3 aromatic rings. The molecule has 0 saturated carbocycles. The van der Waals surface area contributed by atoms with E-state index < -0.39 is 53.8 Å². The van der Waals surface area contributed by atoms with Crippen molar-refractivity contribution in [1.29, 1.82) is 0 Å². The Morgan fingerprint density at radius 1 is 0.733 bits per heavy atom. The Morgan fingerprint density at radius 2 is 1.35 bits per heavy atom. The molecule has 0 radical (unpaired) electrons. The van der Waals surface area contributed by atoms with Crippen molar-refractivity contribution in [3.8, 4) is 0 Å². The van der Waals surface area contributed by atoms with Gasteiger partial charge in [0.2, 0.25) is 23.6 Å². The van der Waals surface area contributed by atoms with Gasteiger partial charge in [0, 0.05) is 88.9 Å². The highest BCUT2D eigenvalue weighted by molar-refractivity contribution is 5.83. The number of amides is 4. The number of nitrogens with one attached hydrogen (secondary N) is 4. The van der Waals surface area contributed by atoms with Crippen molar-refractivity contribution < 1.29 is 38.2 Å². The third-order valence-corrected chi connectivity index (χ3v) is 14.0. The van der Waals surface area contributed by atoms with Crippen molar-refractivity contribution in [3.05, 3.63) is 101 Å². The van der Waals surface area contributed by atoms with Gasteiger partial charge < -0.3 is 42.2 Å². The molecule has 0 unspecified atom stereocenters. The summed E-state index contributed by atoms with van der Waals surface area (Å²) in [7, 11) is 0. The third-order valence-electron chi connectivity index (χ3n) is 14.0. The van der Waals surface area contributed by atoms with Gasteiger partial charge in [-0.1, -0.05) is 101 Å². The first-order chi connectivity index (χ1) is 35.8. The number of pyridine rings is 1. The number of carbonyl (C=O) groups is 6. The maximum absolute atomic E-state index is 15.0. The van der Waals surface area contributed by atoms with Gasteiger partial charge in [0.05, 0.1) is 18.1 Å². The minimum absolute atomic E-state index is 0.0155. The molecule has 4 amide bonds. The number of unbranched alkanes of at least 4 members (excludes halogenated alkanes) is 4. The standard InChI is InChI=1S/C58H87N9O8/c1-39(2)51(59)56(72)62-28-17-9-13-25-49(68)74-45(37-67-31-30-66(36-42-22-19-27-61-35-42)38-47(67)55(71)65-58(5,6)7)33-44(32-41-20-11-8-12-21-41)54(70)64-53-46-24-16-15-23-43(46)34-48(53)75-50(69)26-14-10-18-29-63-57(73)52(60)40(3)4/h8,11-12,15-16,19-24,27,35,39-40,44-45,47-48,51-53H,9-10,13-14,17-18,25-26,28-34,36-38,59-60H2,1-7H3,(H,62,72)(H,63,73)(H,64,70)(H,65,71)/t44-,45+,47+,48-,51+,52+,53+/m1/s1. The summed E-state index contributed by atoms with van der Waals surface area (Å²) in [6.45, 7) is 16.8. The molecule has 412 valence electrons. The van der Waals surface area contributed by atoms with Crippen LogP contribution in [0.2, 0.25) is 0 Å². The Bertz CT molecular complexity index is 2280. The molecule has 8 N–H and O–H groups in total. The summed E-state index contributed by atoms with van der Waals surface area (Å²) in [5.41, 5.74) is 15.3. The van der Waals surface area contributed by atoms with Crippen LogP contribution in [-0.4, -0.2) is 125 Å². The number of fused-ring (bicyclic) bond motifs is 1. The number of aromatic nitrogens is 1. The van der Waals surface area contributed by atoms with Gasteiger partial charge >= 0.3 is 11.9 Å². The number of hydrogen-bond donors (Lipinski definition) is 6. The minimum atomic E-state index is -0.784. The van der Waals surface area contributed by atoms with E-state index in [1.165, 1.54) is 0 Å². The molecule has 1 fully saturated rings. The van der Waals surface area contributed by atoms with Crippen LogP contribution in [0.5, 0.6) is 0 Å². The predicted molar refractivity (Wildman–Crippen MR) is 290 cm³/mol. The maximum Gasteiger partial charge on any atom is 0.306 e. The molecule has 1 aliphatic carbocycles. The summed E-state index contributed by atoms with van der Waals surface area (Å²) >= 11 is 0. The maximum atomic E-state index is 15.0. The van der Waals surface area contributed by atoms with E-state index in [9.17, 15) is 24.0 Å². The average Bonchev–Trinajstić information content (AvgIpc) is 3.71. The second kappa shape index (κ2) is 30.1. The van der Waals surface area contributed by atoms with E-state index in [1.54, 1.807) is 6.20 Å². The van der Waals surface area contributed by atoms with Gasteiger partial charge in [-0.05, 0) is 99.5 Å². The lowest BCUT2D eigenvalue weighted by molar-refractivity contribution is -0.153. The zero-order valence-corrected chi connectivity index (χ0v) is 45.7. The van der Waals surface area contributed by atoms with E-state index in [0.29, 0.717) is 90.6 Å². The quantitative estimate of drug-likeness (QED) is 0.0383. The predicted octanol–water partition coefficient (Wildman–Crippen LogP) is 5.29. The molecule has 17 nitrogen and oxygen atoms in total. The summed E-state index contributed by atoms with van der Waals surface area (Å²) in [4.78, 5) is 90.0. The highest BCUT2D eigenvalue weighted by Gasteiger charge is 2.40. The number of esters is 2. The fraction of sp³-hybridized carbons (Fsp3) is 0.603. The summed E-state index contributed by atoms with van der Waals surface area (Å²) in [6, 6.07) is 19.1. The van der Waals surface area contributed by atoms with Crippen molar-refractivity contribution in [2.45, 2.75) is 168 Å². The zero-order chi connectivity index (χ0) is 54.5. The molecule has 75 heavy (non-hydrogen) atoms. The zero-order valence-electron chi connectivity index (χ0n) is 45.7. The molecular formula is C58H87N9O8. The topological polar surface area (TPSA) is 240 Å². The molecule has 17 heteroatoms. The third kappa shape index (κ3) is 20.4. The summed E-state index contributed by atoms with van der Waals surface area (Å²) in [6.07, 6.45) is 7.22. The van der Waals surface area contributed by atoms with Crippen LogP contribution >= 0.6 is 0 Å². The molecule has 1 aromatic heterocycles. The Hall–Kier alpha value is -5.75. The van der Waals surface area contributed by atoms with Crippen LogP contribution in [0.1, 0.15) is 135 Å². The summed E-state index contributed by atoms with van der Waals surface area (Å²) in [5, 5.41) is 12.3. The van der Waals surface area contributed by atoms with Gasteiger partial charge in [-0.2, -0.15) is 0 Å². The smallest absolute Gasteiger partial charge is 0.306 e. The molecule has 2 aromatic carbocycles. The number of rotatable bonds is 29. The van der Waals surface area contributed by atoms with Crippen LogP contribution in [0, 0.1) is 17.8 Å². The number of benzene rings is 2. The van der Waals surface area contributed by atoms with E-state index >= 15 is 4.79 Å². The first-order valence-electron chi connectivity index (χ1n) is 27.3. The fourth-order valence-corrected chi connectivity index (χ4v) is 9.60. The number of nitrogens with two attached hydrogens (primary N) is 2. The first-order valence-corrected chi connectivity index (χ1v) is 27.3. The molecule has 5 rings (SSSR count). The fourth-order valence-electron chi connectivity index (χ4n) is 9.60. The minimum Gasteiger partial charge on any atom is -0.461 e. The van der Waals surface area contributed by atoms with E-state index in [2.05, 4.69) is 36.1 Å². The van der Waals surface area contributed by atoms with Crippen molar-refractivity contribution in [1.82, 2.24) is 36.1 Å². The molecule has 0 spiro atoms. The van der Waals surface area contributed by atoms with E-state index in [-0.39, 0.29) is 67.2 Å². The number of ether oxygens (including phenoxy) is 2. The van der Waals surface area contributed by atoms with Crippen LogP contribution in [0.4, 0.5) is 0 Å². The average molecular weight is 1040 g/mol. The van der Waals surface area contributed by atoms with Crippen LogP contribution in [0.3, 0.4) is 0 Å². The molecule has 1 saturated heterocycles. The lowest BCUT2D eigenvalue weighted by Gasteiger charge is -2.42. The van der Waals surface area contributed by atoms with Gasteiger partial charge in [0.25, 0.3) is 0 Å². The van der Waals surface area contributed by atoms with Crippen molar-refractivity contribution in [2.24, 2.45) is 29.2 Å². The SMILES string of the molecule is CC(C)[C@H](N)C(=O)NCCCCCC(=O)O[C@@H](C[C@@H](Cc1ccccc1)C(=O)N[C@H]1c2ccccc2C[C@H]1OC(=O)CCCCCNC(=O)[C@@H](N)C(C)C)CN1CCN(Cc2cccnc2)C[C@H]1C(=O)NC(C)(C)C. The van der Waals surface area contributed by atoms with Gasteiger partial charge in [-0.15, -0.1) is 0 Å². The molecule has 7 atom stereocenters. The van der Waals surface area contributed by atoms with E-state index in [4.69, 9.17) is 20.9 Å². The highest BCUT2D eigenvalue weighted by Crippen LogP contribution is 2.35. The Kier molecular flexibility index (Phi) is 24.1. The summed E-state index contributed by atoms with van der Waals surface area (Å²) in [5.74, 6) is -2.21. The number of nitrogens with zero attached hydrogens (tertiary/aromatic N) is 3. The molecule has 2 aliphatic rings. The Morgan fingerprint density at radius 3 is 1.96 bits per heavy atom. The van der Waals surface area contributed by atoms with Crippen LogP contribution < -0.4 is 32.7 Å². The lowest BCUT2D eigenvalue weighted by Crippen LogP contribution is -2.62.